The number of hydrogen-bond donors (Lipinski definition) is 2. The van der Waals surface area contributed by atoms with Crippen molar-refractivity contribution < 1.29 is 14.9 Å². The van der Waals surface area contributed by atoms with E-state index in [4.69, 9.17) is 4.74 Å². The minimum absolute atomic E-state index is 0.134. The van der Waals surface area contributed by atoms with E-state index in [-0.39, 0.29) is 5.75 Å². The zero-order valence-corrected chi connectivity index (χ0v) is 10.3. The van der Waals surface area contributed by atoms with Crippen LogP contribution in [-0.2, 0) is 5.60 Å². The van der Waals surface area contributed by atoms with Crippen molar-refractivity contribution in [3.63, 3.8) is 0 Å². The molecule has 1 aromatic carbocycles. The van der Waals surface area contributed by atoms with Gasteiger partial charge in [-0.2, -0.15) is 0 Å². The highest BCUT2D eigenvalue weighted by Crippen LogP contribution is 2.51. The molecule has 0 radical (unpaired) electrons. The Kier molecular flexibility index (Phi) is 2.43. The molecule has 3 nitrogen and oxygen atoms in total. The standard InChI is InChI=1S/C11H13BrO3/c1-6-9(13)7(11(14)3-4-11)5-8(12)10(6)15-2/h5,13-14H,3-4H2,1-2H3. The third-order valence-corrected chi connectivity index (χ3v) is 3.46. The molecule has 0 heterocycles. The molecule has 0 atom stereocenters. The number of phenolic OH excluding ortho intramolecular Hbond substituents is 1. The number of aliphatic hydroxyl groups is 1. The van der Waals surface area contributed by atoms with Crippen LogP contribution in [0, 0.1) is 6.92 Å². The Morgan fingerprint density at radius 1 is 1.47 bits per heavy atom. The SMILES string of the molecule is COc1c(Br)cc(C2(O)CC2)c(O)c1C. The Morgan fingerprint density at radius 3 is 2.53 bits per heavy atom. The minimum Gasteiger partial charge on any atom is -0.507 e. The maximum absolute atomic E-state index is 9.97. The molecule has 0 amide bonds. The summed E-state index contributed by atoms with van der Waals surface area (Å²) in [4.78, 5) is 0. The van der Waals surface area contributed by atoms with Crippen LogP contribution >= 0.6 is 15.9 Å². The number of benzene rings is 1. The van der Waals surface area contributed by atoms with Crippen LogP contribution in [0.5, 0.6) is 11.5 Å². The van der Waals surface area contributed by atoms with E-state index in [1.54, 1.807) is 20.1 Å². The van der Waals surface area contributed by atoms with Gasteiger partial charge in [0.15, 0.2) is 0 Å². The molecule has 0 bridgehead atoms. The van der Waals surface area contributed by atoms with Crippen LogP contribution < -0.4 is 4.74 Å². The van der Waals surface area contributed by atoms with Gasteiger partial charge in [-0.25, -0.2) is 0 Å². The average Bonchev–Trinajstić information content (AvgIpc) is 2.92. The smallest absolute Gasteiger partial charge is 0.139 e. The second-order valence-corrected chi connectivity index (χ2v) is 4.80. The van der Waals surface area contributed by atoms with Crippen LogP contribution in [0.1, 0.15) is 24.0 Å². The molecule has 0 aromatic heterocycles. The van der Waals surface area contributed by atoms with E-state index in [1.807, 2.05) is 0 Å². The van der Waals surface area contributed by atoms with E-state index in [9.17, 15) is 10.2 Å². The van der Waals surface area contributed by atoms with Crippen LogP contribution in [-0.4, -0.2) is 17.3 Å². The summed E-state index contributed by atoms with van der Waals surface area (Å²) in [5.74, 6) is 0.746. The summed E-state index contributed by atoms with van der Waals surface area (Å²) in [5.41, 5.74) is 0.416. The lowest BCUT2D eigenvalue weighted by Crippen LogP contribution is -2.06. The predicted octanol–water partition coefficient (Wildman–Crippen LogP) is 2.45. The Morgan fingerprint density at radius 2 is 2.07 bits per heavy atom. The Balaban J connectivity index is 2.59. The van der Waals surface area contributed by atoms with Gasteiger partial charge < -0.3 is 14.9 Å². The molecule has 0 saturated heterocycles. The monoisotopic (exact) mass is 272 g/mol. The Labute approximate surface area is 96.8 Å². The minimum atomic E-state index is -0.830. The molecular weight excluding hydrogens is 260 g/mol. The fourth-order valence-corrected chi connectivity index (χ4v) is 2.43. The van der Waals surface area contributed by atoms with Gasteiger partial charge in [-0.05, 0) is 41.8 Å². The molecule has 1 aliphatic carbocycles. The lowest BCUT2D eigenvalue weighted by molar-refractivity contribution is 0.147. The quantitative estimate of drug-likeness (QED) is 0.870. The van der Waals surface area contributed by atoms with Gasteiger partial charge >= 0.3 is 0 Å². The first-order valence-electron chi connectivity index (χ1n) is 4.78. The fourth-order valence-electron chi connectivity index (χ4n) is 1.74. The highest BCUT2D eigenvalue weighted by molar-refractivity contribution is 9.10. The van der Waals surface area contributed by atoms with Crippen LogP contribution in [0.15, 0.2) is 10.5 Å². The van der Waals surface area contributed by atoms with Crippen molar-refractivity contribution in [1.29, 1.82) is 0 Å². The molecule has 1 aromatic rings. The van der Waals surface area contributed by atoms with Gasteiger partial charge in [0, 0.05) is 11.1 Å². The van der Waals surface area contributed by atoms with Gasteiger partial charge in [-0.3, -0.25) is 0 Å². The zero-order valence-electron chi connectivity index (χ0n) is 8.67. The first-order valence-corrected chi connectivity index (χ1v) is 5.58. The first-order chi connectivity index (χ1) is 6.99. The van der Waals surface area contributed by atoms with Crippen molar-refractivity contribution in [2.45, 2.75) is 25.4 Å². The van der Waals surface area contributed by atoms with Crippen LogP contribution in [0.4, 0.5) is 0 Å². The second-order valence-electron chi connectivity index (χ2n) is 3.94. The Hall–Kier alpha value is -0.740. The topological polar surface area (TPSA) is 49.7 Å². The molecule has 2 rings (SSSR count). The van der Waals surface area contributed by atoms with E-state index in [1.165, 1.54) is 0 Å². The Bertz CT molecular complexity index is 411. The third kappa shape index (κ3) is 1.62. The van der Waals surface area contributed by atoms with Crippen molar-refractivity contribution in [1.82, 2.24) is 0 Å². The summed E-state index contributed by atoms with van der Waals surface area (Å²) in [6.45, 7) is 1.77. The average molecular weight is 273 g/mol. The molecule has 0 aliphatic heterocycles. The molecule has 0 spiro atoms. The van der Waals surface area contributed by atoms with Crippen LogP contribution in [0.3, 0.4) is 0 Å². The summed E-state index contributed by atoms with van der Waals surface area (Å²) in [5, 5.41) is 19.9. The van der Waals surface area contributed by atoms with E-state index in [0.717, 1.165) is 4.47 Å². The highest BCUT2D eigenvalue weighted by atomic mass is 79.9. The van der Waals surface area contributed by atoms with Crippen molar-refractivity contribution in [2.75, 3.05) is 7.11 Å². The maximum atomic E-state index is 9.97. The van der Waals surface area contributed by atoms with Crippen LogP contribution in [0.25, 0.3) is 0 Å². The van der Waals surface area contributed by atoms with Gasteiger partial charge in [-0.15, -0.1) is 0 Å². The molecule has 2 N–H and O–H groups in total. The number of halogens is 1. The van der Waals surface area contributed by atoms with Crippen LogP contribution in [0.2, 0.25) is 0 Å². The zero-order chi connectivity index (χ0) is 11.2. The number of hydrogen-bond acceptors (Lipinski definition) is 3. The summed E-state index contributed by atoms with van der Waals surface area (Å²) >= 11 is 3.37. The van der Waals surface area contributed by atoms with Crippen molar-refractivity contribution in [3.05, 3.63) is 21.7 Å². The van der Waals surface area contributed by atoms with Gasteiger partial charge in [0.2, 0.25) is 0 Å². The number of methoxy groups -OCH3 is 1. The van der Waals surface area contributed by atoms with Gasteiger partial charge in [0.1, 0.15) is 11.5 Å². The lowest BCUT2D eigenvalue weighted by atomic mass is 10.0. The van der Waals surface area contributed by atoms with E-state index >= 15 is 0 Å². The third-order valence-electron chi connectivity index (χ3n) is 2.87. The number of aromatic hydroxyl groups is 1. The number of ether oxygens (including phenoxy) is 1. The summed E-state index contributed by atoms with van der Waals surface area (Å²) in [6.07, 6.45) is 1.41. The molecular formula is C11H13BrO3. The van der Waals surface area contributed by atoms with Gasteiger partial charge in [-0.1, -0.05) is 0 Å². The number of phenols is 1. The predicted molar refractivity (Wildman–Crippen MR) is 60.2 cm³/mol. The van der Waals surface area contributed by atoms with E-state index in [2.05, 4.69) is 15.9 Å². The molecule has 4 heteroatoms. The highest BCUT2D eigenvalue weighted by Gasteiger charge is 2.44. The van der Waals surface area contributed by atoms with Crippen molar-refractivity contribution >= 4 is 15.9 Å². The largest absolute Gasteiger partial charge is 0.507 e. The summed E-state index contributed by atoms with van der Waals surface area (Å²) in [7, 11) is 1.55. The molecule has 1 fully saturated rings. The summed E-state index contributed by atoms with van der Waals surface area (Å²) < 4.78 is 5.92. The molecule has 82 valence electrons. The van der Waals surface area contributed by atoms with Crippen molar-refractivity contribution in [2.24, 2.45) is 0 Å². The maximum Gasteiger partial charge on any atom is 0.139 e. The molecule has 1 saturated carbocycles. The molecule has 1 aliphatic rings. The second kappa shape index (κ2) is 3.39. The fraction of sp³-hybridized carbons (Fsp3) is 0.455. The van der Waals surface area contributed by atoms with Gasteiger partial charge in [0.05, 0.1) is 17.2 Å². The van der Waals surface area contributed by atoms with Crippen molar-refractivity contribution in [3.8, 4) is 11.5 Å². The number of rotatable bonds is 2. The molecule has 15 heavy (non-hydrogen) atoms. The van der Waals surface area contributed by atoms with E-state index in [0.29, 0.717) is 29.7 Å². The lowest BCUT2D eigenvalue weighted by Gasteiger charge is -2.16. The molecule has 0 unspecified atom stereocenters. The normalized spacial score (nSPS) is 17.6. The summed E-state index contributed by atoms with van der Waals surface area (Å²) in [6, 6.07) is 1.73. The van der Waals surface area contributed by atoms with Gasteiger partial charge in [0.25, 0.3) is 0 Å². The van der Waals surface area contributed by atoms with E-state index < -0.39 is 5.60 Å². The first kappa shape index (κ1) is 10.8.